The van der Waals surface area contributed by atoms with Crippen LogP contribution in [0.4, 0.5) is 4.39 Å². The van der Waals surface area contributed by atoms with Crippen molar-refractivity contribution in [1.82, 2.24) is 0 Å². The van der Waals surface area contributed by atoms with Crippen molar-refractivity contribution in [2.45, 2.75) is 18.8 Å². The Balaban J connectivity index is 2.07. The maximum absolute atomic E-state index is 13.2. The highest BCUT2D eigenvalue weighted by molar-refractivity contribution is 5.71. The molecular formula is C11H11FO2. The van der Waals surface area contributed by atoms with Gasteiger partial charge in [0.05, 0.1) is 5.92 Å². The molecule has 0 saturated heterocycles. The Bertz CT molecular complexity index is 356. The number of hydrogen-bond donors (Lipinski definition) is 1. The molecule has 2 nitrogen and oxygen atoms in total. The molecule has 1 aromatic rings. The van der Waals surface area contributed by atoms with Gasteiger partial charge in [-0.3, -0.25) is 4.79 Å². The minimum atomic E-state index is -0.766. The molecule has 1 saturated carbocycles. The van der Waals surface area contributed by atoms with Gasteiger partial charge in [-0.05, 0) is 30.4 Å². The van der Waals surface area contributed by atoms with Gasteiger partial charge < -0.3 is 5.11 Å². The van der Waals surface area contributed by atoms with E-state index in [1.54, 1.807) is 18.2 Å². The number of rotatable bonds is 2. The Morgan fingerprint density at radius 2 is 2.00 bits per heavy atom. The van der Waals surface area contributed by atoms with Crippen LogP contribution in [0, 0.1) is 11.7 Å². The quantitative estimate of drug-likeness (QED) is 0.784. The number of carbonyl (C=O) groups is 1. The van der Waals surface area contributed by atoms with E-state index in [2.05, 4.69) is 0 Å². The molecule has 1 N–H and O–H groups in total. The zero-order valence-electron chi connectivity index (χ0n) is 7.61. The summed E-state index contributed by atoms with van der Waals surface area (Å²) in [6.45, 7) is 0. The third-order valence-electron chi connectivity index (χ3n) is 2.83. The van der Waals surface area contributed by atoms with Gasteiger partial charge in [0.1, 0.15) is 5.82 Å². The average Bonchev–Trinajstić information content (AvgIpc) is 2.05. The number of carboxylic acids is 1. The summed E-state index contributed by atoms with van der Waals surface area (Å²) in [6, 6.07) is 6.58. The van der Waals surface area contributed by atoms with Gasteiger partial charge in [0, 0.05) is 0 Å². The second kappa shape index (κ2) is 3.40. The fraction of sp³-hybridized carbons (Fsp3) is 0.364. The van der Waals surface area contributed by atoms with Crippen LogP contribution in [-0.4, -0.2) is 11.1 Å². The van der Waals surface area contributed by atoms with Crippen LogP contribution in [0.3, 0.4) is 0 Å². The van der Waals surface area contributed by atoms with Gasteiger partial charge in [0.2, 0.25) is 0 Å². The van der Waals surface area contributed by atoms with E-state index in [0.29, 0.717) is 18.4 Å². The first kappa shape index (κ1) is 9.19. The predicted molar refractivity (Wildman–Crippen MR) is 49.5 cm³/mol. The molecule has 0 unspecified atom stereocenters. The predicted octanol–water partition coefficient (Wildman–Crippen LogP) is 2.40. The Morgan fingerprint density at radius 3 is 2.57 bits per heavy atom. The van der Waals surface area contributed by atoms with E-state index in [9.17, 15) is 9.18 Å². The van der Waals surface area contributed by atoms with Crippen molar-refractivity contribution in [2.24, 2.45) is 5.92 Å². The molecule has 0 bridgehead atoms. The van der Waals surface area contributed by atoms with Crippen LogP contribution in [-0.2, 0) is 4.79 Å². The number of hydrogen-bond acceptors (Lipinski definition) is 1. The molecule has 0 radical (unpaired) electrons. The molecule has 1 fully saturated rings. The Kier molecular flexibility index (Phi) is 2.23. The second-order valence-electron chi connectivity index (χ2n) is 3.73. The topological polar surface area (TPSA) is 37.3 Å². The molecule has 1 aromatic carbocycles. The van der Waals surface area contributed by atoms with Gasteiger partial charge in [-0.1, -0.05) is 18.2 Å². The Morgan fingerprint density at radius 1 is 1.36 bits per heavy atom. The van der Waals surface area contributed by atoms with Gasteiger partial charge in [0.15, 0.2) is 0 Å². The Hall–Kier alpha value is -1.38. The minimum Gasteiger partial charge on any atom is -0.481 e. The van der Waals surface area contributed by atoms with Gasteiger partial charge in [-0.2, -0.15) is 0 Å². The smallest absolute Gasteiger partial charge is 0.306 e. The zero-order valence-corrected chi connectivity index (χ0v) is 7.61. The average molecular weight is 194 g/mol. The van der Waals surface area contributed by atoms with Crippen molar-refractivity contribution in [1.29, 1.82) is 0 Å². The van der Waals surface area contributed by atoms with E-state index in [4.69, 9.17) is 5.11 Å². The highest BCUT2D eigenvalue weighted by Crippen LogP contribution is 2.42. The monoisotopic (exact) mass is 194 g/mol. The van der Waals surface area contributed by atoms with Crippen LogP contribution in [0.1, 0.15) is 24.3 Å². The summed E-state index contributed by atoms with van der Waals surface area (Å²) in [5.74, 6) is -1.17. The molecule has 0 spiro atoms. The van der Waals surface area contributed by atoms with Crippen molar-refractivity contribution in [3.63, 3.8) is 0 Å². The standard InChI is InChI=1S/C11H11FO2/c12-10-4-2-1-3-9(10)7-5-8(6-7)11(13)14/h1-4,7-8H,5-6H2,(H,13,14). The van der Waals surface area contributed by atoms with Gasteiger partial charge >= 0.3 is 5.97 Å². The van der Waals surface area contributed by atoms with E-state index < -0.39 is 5.97 Å². The third-order valence-corrected chi connectivity index (χ3v) is 2.83. The van der Waals surface area contributed by atoms with Crippen molar-refractivity contribution in [3.05, 3.63) is 35.6 Å². The SMILES string of the molecule is O=C(O)C1CC(c2ccccc2F)C1. The fourth-order valence-electron chi connectivity index (χ4n) is 1.88. The molecule has 0 atom stereocenters. The molecular weight excluding hydrogens is 183 g/mol. The molecule has 2 rings (SSSR count). The fourth-order valence-corrected chi connectivity index (χ4v) is 1.88. The van der Waals surface area contributed by atoms with Crippen molar-refractivity contribution >= 4 is 5.97 Å². The van der Waals surface area contributed by atoms with Crippen LogP contribution in [0.2, 0.25) is 0 Å². The van der Waals surface area contributed by atoms with Gasteiger partial charge in [-0.25, -0.2) is 4.39 Å². The molecule has 74 valence electrons. The first-order chi connectivity index (χ1) is 6.68. The summed E-state index contributed by atoms with van der Waals surface area (Å²) in [5, 5.41) is 8.67. The molecule has 3 heteroatoms. The summed E-state index contributed by atoms with van der Waals surface area (Å²) in [5.41, 5.74) is 0.657. The Labute approximate surface area is 81.4 Å². The summed E-state index contributed by atoms with van der Waals surface area (Å²) >= 11 is 0. The lowest BCUT2D eigenvalue weighted by molar-refractivity contribution is -0.145. The van der Waals surface area contributed by atoms with E-state index in [1.165, 1.54) is 6.07 Å². The lowest BCUT2D eigenvalue weighted by Crippen LogP contribution is -2.29. The van der Waals surface area contributed by atoms with E-state index in [-0.39, 0.29) is 17.7 Å². The first-order valence-corrected chi connectivity index (χ1v) is 4.65. The maximum Gasteiger partial charge on any atom is 0.306 e. The van der Waals surface area contributed by atoms with E-state index in [1.807, 2.05) is 0 Å². The van der Waals surface area contributed by atoms with Crippen molar-refractivity contribution < 1.29 is 14.3 Å². The first-order valence-electron chi connectivity index (χ1n) is 4.65. The normalized spacial score (nSPS) is 25.5. The van der Waals surface area contributed by atoms with Crippen LogP contribution in [0.15, 0.2) is 24.3 Å². The van der Waals surface area contributed by atoms with E-state index in [0.717, 1.165) is 0 Å². The number of carboxylic acid groups (broad SMARTS) is 1. The van der Waals surface area contributed by atoms with Gasteiger partial charge in [-0.15, -0.1) is 0 Å². The zero-order chi connectivity index (χ0) is 10.1. The summed E-state index contributed by atoms with van der Waals surface area (Å²) in [7, 11) is 0. The van der Waals surface area contributed by atoms with Crippen LogP contribution < -0.4 is 0 Å². The summed E-state index contributed by atoms with van der Waals surface area (Å²) in [4.78, 5) is 10.5. The van der Waals surface area contributed by atoms with Crippen molar-refractivity contribution in [2.75, 3.05) is 0 Å². The summed E-state index contributed by atoms with van der Waals surface area (Å²) in [6.07, 6.45) is 1.13. The van der Waals surface area contributed by atoms with E-state index >= 15 is 0 Å². The number of halogens is 1. The number of aliphatic carboxylic acids is 1. The molecule has 0 aromatic heterocycles. The maximum atomic E-state index is 13.2. The highest BCUT2D eigenvalue weighted by atomic mass is 19.1. The molecule has 0 amide bonds. The van der Waals surface area contributed by atoms with Crippen LogP contribution in [0.25, 0.3) is 0 Å². The molecule has 0 heterocycles. The summed E-state index contributed by atoms with van der Waals surface area (Å²) < 4.78 is 13.2. The van der Waals surface area contributed by atoms with Crippen LogP contribution >= 0.6 is 0 Å². The minimum absolute atomic E-state index is 0.0947. The largest absolute Gasteiger partial charge is 0.481 e. The number of benzene rings is 1. The highest BCUT2D eigenvalue weighted by Gasteiger charge is 2.36. The lowest BCUT2D eigenvalue weighted by atomic mass is 9.71. The van der Waals surface area contributed by atoms with Gasteiger partial charge in [0.25, 0.3) is 0 Å². The molecule has 1 aliphatic carbocycles. The molecule has 1 aliphatic rings. The van der Waals surface area contributed by atoms with Crippen molar-refractivity contribution in [3.8, 4) is 0 Å². The molecule has 0 aliphatic heterocycles. The lowest BCUT2D eigenvalue weighted by Gasteiger charge is -2.32. The molecule has 14 heavy (non-hydrogen) atoms. The third kappa shape index (κ3) is 1.50. The van der Waals surface area contributed by atoms with Crippen LogP contribution in [0.5, 0.6) is 0 Å². The second-order valence-corrected chi connectivity index (χ2v) is 3.73.